The van der Waals surface area contributed by atoms with Crippen molar-refractivity contribution in [2.45, 2.75) is 26.3 Å². The second-order valence-corrected chi connectivity index (χ2v) is 5.97. The highest BCUT2D eigenvalue weighted by Crippen LogP contribution is 2.35. The van der Waals surface area contributed by atoms with Gasteiger partial charge in [-0.2, -0.15) is 0 Å². The quantitative estimate of drug-likeness (QED) is 0.898. The molecule has 0 aliphatic carbocycles. The van der Waals surface area contributed by atoms with Gasteiger partial charge < -0.3 is 10.2 Å². The highest BCUT2D eigenvalue weighted by Gasteiger charge is 2.45. The zero-order valence-corrected chi connectivity index (χ0v) is 12.0. The van der Waals surface area contributed by atoms with E-state index in [1.165, 1.54) is 12.1 Å². The zero-order valence-electron chi connectivity index (χ0n) is 12.0. The average molecular weight is 276 g/mol. The van der Waals surface area contributed by atoms with E-state index in [4.69, 9.17) is 0 Å². The van der Waals surface area contributed by atoms with Crippen LogP contribution in [0.15, 0.2) is 18.2 Å². The largest absolute Gasteiger partial charge is 0.335 e. The number of carbonyl (C=O) groups excluding carboxylic acids is 1. The number of nitrogens with zero attached hydrogens (tertiary/aromatic N) is 1. The molecule has 20 heavy (non-hydrogen) atoms. The number of nitrogens with one attached hydrogen (secondary N) is 1. The van der Waals surface area contributed by atoms with Gasteiger partial charge in [0.2, 0.25) is 0 Å². The lowest BCUT2D eigenvalue weighted by Gasteiger charge is -2.27. The van der Waals surface area contributed by atoms with Gasteiger partial charge >= 0.3 is 0 Å². The fourth-order valence-electron chi connectivity index (χ4n) is 3.76. The maximum Gasteiger partial charge on any atom is 0.254 e. The van der Waals surface area contributed by atoms with Crippen molar-refractivity contribution in [2.75, 3.05) is 19.6 Å². The number of likely N-dealkylation sites (tertiary alicyclic amines) is 1. The van der Waals surface area contributed by atoms with E-state index in [2.05, 4.69) is 12.2 Å². The van der Waals surface area contributed by atoms with E-state index in [1.54, 1.807) is 6.07 Å². The number of halogens is 1. The molecule has 0 spiro atoms. The molecule has 1 aromatic rings. The monoisotopic (exact) mass is 276 g/mol. The fraction of sp³-hybridized carbons (Fsp3) is 0.562. The Morgan fingerprint density at radius 3 is 3.00 bits per heavy atom. The normalized spacial score (nSPS) is 28.8. The van der Waals surface area contributed by atoms with Crippen LogP contribution in [0.4, 0.5) is 4.39 Å². The van der Waals surface area contributed by atoms with Gasteiger partial charge in [-0.15, -0.1) is 0 Å². The Morgan fingerprint density at radius 1 is 1.45 bits per heavy atom. The summed E-state index contributed by atoms with van der Waals surface area (Å²) in [6.07, 6.45) is 0.961. The molecule has 2 aliphatic rings. The summed E-state index contributed by atoms with van der Waals surface area (Å²) in [7, 11) is 0. The molecule has 3 rings (SSSR count). The molecule has 4 heteroatoms. The van der Waals surface area contributed by atoms with Crippen molar-refractivity contribution in [3.05, 3.63) is 35.1 Å². The smallest absolute Gasteiger partial charge is 0.254 e. The van der Waals surface area contributed by atoms with E-state index in [0.29, 0.717) is 17.4 Å². The van der Waals surface area contributed by atoms with E-state index in [-0.39, 0.29) is 17.8 Å². The second kappa shape index (κ2) is 5.17. The van der Waals surface area contributed by atoms with Crippen molar-refractivity contribution >= 4 is 5.91 Å². The van der Waals surface area contributed by atoms with E-state index < -0.39 is 0 Å². The van der Waals surface area contributed by atoms with E-state index >= 15 is 0 Å². The van der Waals surface area contributed by atoms with Gasteiger partial charge in [0.25, 0.3) is 5.91 Å². The molecule has 2 aliphatic heterocycles. The Labute approximate surface area is 119 Å². The summed E-state index contributed by atoms with van der Waals surface area (Å²) < 4.78 is 13.4. The number of carbonyl (C=O) groups is 1. The summed E-state index contributed by atoms with van der Waals surface area (Å²) >= 11 is 0. The number of fused-ring (bicyclic) bond motifs is 1. The number of rotatable bonds is 2. The van der Waals surface area contributed by atoms with E-state index in [0.717, 1.165) is 31.6 Å². The lowest BCUT2D eigenvalue weighted by atomic mass is 9.93. The Kier molecular flexibility index (Phi) is 3.50. The molecule has 3 nitrogen and oxygen atoms in total. The number of benzene rings is 1. The summed E-state index contributed by atoms with van der Waals surface area (Å²) in [5.74, 6) is 0.756. The topological polar surface area (TPSA) is 32.3 Å². The van der Waals surface area contributed by atoms with Gasteiger partial charge in [-0.1, -0.05) is 13.0 Å². The third kappa shape index (κ3) is 2.12. The average Bonchev–Trinajstić information content (AvgIpc) is 3.00. The van der Waals surface area contributed by atoms with Crippen LogP contribution < -0.4 is 5.32 Å². The molecule has 2 heterocycles. The van der Waals surface area contributed by atoms with Crippen LogP contribution >= 0.6 is 0 Å². The van der Waals surface area contributed by atoms with Crippen molar-refractivity contribution in [3.63, 3.8) is 0 Å². The van der Waals surface area contributed by atoms with Crippen molar-refractivity contribution in [1.82, 2.24) is 10.2 Å². The third-order valence-corrected chi connectivity index (χ3v) is 4.83. The summed E-state index contributed by atoms with van der Waals surface area (Å²) in [6, 6.07) is 4.75. The molecule has 2 fully saturated rings. The van der Waals surface area contributed by atoms with Gasteiger partial charge in [-0.25, -0.2) is 4.39 Å². The van der Waals surface area contributed by atoms with E-state index in [1.807, 2.05) is 11.8 Å². The minimum Gasteiger partial charge on any atom is -0.335 e. The molecule has 1 aromatic carbocycles. The number of amides is 1. The van der Waals surface area contributed by atoms with Crippen LogP contribution in [0, 0.1) is 24.6 Å². The summed E-state index contributed by atoms with van der Waals surface area (Å²) in [6.45, 7) is 6.78. The van der Waals surface area contributed by atoms with Crippen LogP contribution in [0.1, 0.15) is 29.3 Å². The molecule has 3 atom stereocenters. The summed E-state index contributed by atoms with van der Waals surface area (Å²) in [5.41, 5.74) is 1.36. The van der Waals surface area contributed by atoms with Crippen LogP contribution in [0.5, 0.6) is 0 Å². The van der Waals surface area contributed by atoms with Crippen LogP contribution in [-0.2, 0) is 0 Å². The molecule has 3 unspecified atom stereocenters. The first-order valence-electron chi connectivity index (χ1n) is 7.39. The van der Waals surface area contributed by atoms with Crippen LogP contribution in [0.25, 0.3) is 0 Å². The molecule has 1 N–H and O–H groups in total. The Morgan fingerprint density at radius 2 is 2.25 bits per heavy atom. The summed E-state index contributed by atoms with van der Waals surface area (Å²) in [4.78, 5) is 14.7. The maximum atomic E-state index is 13.4. The van der Waals surface area contributed by atoms with Gasteiger partial charge in [0.15, 0.2) is 0 Å². The Bertz CT molecular complexity index is 531. The van der Waals surface area contributed by atoms with Crippen molar-refractivity contribution in [1.29, 1.82) is 0 Å². The minimum absolute atomic E-state index is 0.0109. The predicted octanol–water partition coefficient (Wildman–Crippen LogP) is 2.20. The standard InChI is InChI=1S/C16H21FN2O/c1-3-15-14-8-18-7-11(14)9-19(15)16(20)13-6-12(17)5-4-10(13)2/h4-6,11,14-15,18H,3,7-9H2,1-2H3. The molecular weight excluding hydrogens is 255 g/mol. The second-order valence-electron chi connectivity index (χ2n) is 5.97. The van der Waals surface area contributed by atoms with Gasteiger partial charge in [0, 0.05) is 31.2 Å². The molecule has 0 saturated carbocycles. The van der Waals surface area contributed by atoms with Crippen molar-refractivity contribution < 1.29 is 9.18 Å². The predicted molar refractivity (Wildman–Crippen MR) is 76.1 cm³/mol. The number of hydrogen-bond donors (Lipinski definition) is 1. The maximum absolute atomic E-state index is 13.4. The first kappa shape index (κ1) is 13.6. The van der Waals surface area contributed by atoms with E-state index in [9.17, 15) is 9.18 Å². The van der Waals surface area contributed by atoms with Crippen LogP contribution in [0.2, 0.25) is 0 Å². The Hall–Kier alpha value is -1.42. The third-order valence-electron chi connectivity index (χ3n) is 4.83. The lowest BCUT2D eigenvalue weighted by molar-refractivity contribution is 0.0710. The van der Waals surface area contributed by atoms with Gasteiger partial charge in [-0.3, -0.25) is 4.79 Å². The molecule has 2 saturated heterocycles. The van der Waals surface area contributed by atoms with Gasteiger partial charge in [0.05, 0.1) is 0 Å². The zero-order chi connectivity index (χ0) is 14.3. The highest BCUT2D eigenvalue weighted by molar-refractivity contribution is 5.96. The van der Waals surface area contributed by atoms with Crippen LogP contribution in [-0.4, -0.2) is 36.5 Å². The number of hydrogen-bond acceptors (Lipinski definition) is 2. The molecule has 1 amide bonds. The van der Waals surface area contributed by atoms with Gasteiger partial charge in [0.1, 0.15) is 5.82 Å². The molecule has 0 bridgehead atoms. The molecule has 0 radical (unpaired) electrons. The van der Waals surface area contributed by atoms with Crippen molar-refractivity contribution in [3.8, 4) is 0 Å². The molecule has 0 aromatic heterocycles. The van der Waals surface area contributed by atoms with Crippen LogP contribution in [0.3, 0.4) is 0 Å². The first-order valence-corrected chi connectivity index (χ1v) is 7.39. The summed E-state index contributed by atoms with van der Waals surface area (Å²) in [5, 5.41) is 3.41. The molecular formula is C16H21FN2O. The van der Waals surface area contributed by atoms with Crippen molar-refractivity contribution in [2.24, 2.45) is 11.8 Å². The fourth-order valence-corrected chi connectivity index (χ4v) is 3.76. The lowest BCUT2D eigenvalue weighted by Crippen LogP contribution is -2.39. The highest BCUT2D eigenvalue weighted by atomic mass is 19.1. The minimum atomic E-state index is -0.340. The van der Waals surface area contributed by atoms with Gasteiger partial charge in [-0.05, 0) is 42.9 Å². The Balaban J connectivity index is 1.88. The first-order chi connectivity index (χ1) is 9.61. The SMILES string of the molecule is CCC1C2CNCC2CN1C(=O)c1cc(F)ccc1C. The molecule has 108 valence electrons. The number of aryl methyl sites for hydroxylation is 1.